The van der Waals surface area contributed by atoms with E-state index in [0.29, 0.717) is 5.56 Å². The van der Waals surface area contributed by atoms with Gasteiger partial charge in [-0.25, -0.2) is 4.98 Å². The van der Waals surface area contributed by atoms with Gasteiger partial charge in [-0.2, -0.15) is 26.3 Å². The molecule has 0 bridgehead atoms. The van der Waals surface area contributed by atoms with Crippen LogP contribution in [0, 0.1) is 26.7 Å². The molecule has 184 valence electrons. The average molecular weight is 506 g/mol. The maximum absolute atomic E-state index is 13.1. The molecule has 1 aliphatic rings. The first kappa shape index (κ1) is 25.9. The minimum atomic E-state index is -5.25. The normalized spacial score (nSPS) is 19.1. The van der Waals surface area contributed by atoms with E-state index < -0.39 is 57.0 Å². The molecule has 3 rings (SSSR count). The highest BCUT2D eigenvalue weighted by Crippen LogP contribution is 2.40. The number of hydrogen-bond acceptors (Lipinski definition) is 5. The van der Waals surface area contributed by atoms with Crippen molar-refractivity contribution in [1.29, 1.82) is 0 Å². The summed E-state index contributed by atoms with van der Waals surface area (Å²) in [5.74, 6) is -3.71. The Labute approximate surface area is 194 Å². The van der Waals surface area contributed by atoms with Crippen LogP contribution in [0.4, 0.5) is 26.3 Å². The Morgan fingerprint density at radius 1 is 1.06 bits per heavy atom. The second-order valence-electron chi connectivity index (χ2n) is 8.25. The van der Waals surface area contributed by atoms with Crippen LogP contribution >= 0.6 is 11.3 Å². The molecular formula is C22H20F6N2O3S. The number of amides is 1. The van der Waals surface area contributed by atoms with Crippen molar-refractivity contribution in [2.24, 2.45) is 5.92 Å². The molecule has 1 heterocycles. The van der Waals surface area contributed by atoms with Crippen molar-refractivity contribution in [2.45, 2.75) is 51.9 Å². The topological polar surface area (TPSA) is 76.1 Å². The lowest BCUT2D eigenvalue weighted by molar-refractivity contribution is -0.147. The number of carbonyl (C=O) groups excluding carboxylic acids is 3. The fourth-order valence-electron chi connectivity index (χ4n) is 4.28. The van der Waals surface area contributed by atoms with Crippen LogP contribution in [0.25, 0.3) is 0 Å². The molecule has 1 aromatic heterocycles. The van der Waals surface area contributed by atoms with E-state index in [1.54, 1.807) is 13.8 Å². The zero-order valence-corrected chi connectivity index (χ0v) is 19.1. The van der Waals surface area contributed by atoms with Gasteiger partial charge in [-0.05, 0) is 43.9 Å². The van der Waals surface area contributed by atoms with Gasteiger partial charge in [-0.1, -0.05) is 17.7 Å². The maximum atomic E-state index is 13.1. The van der Waals surface area contributed by atoms with E-state index in [1.165, 1.54) is 0 Å². The predicted octanol–water partition coefficient (Wildman–Crippen LogP) is 5.17. The number of aryl methyl sites for hydroxylation is 3. The minimum Gasteiger partial charge on any atom is -0.351 e. The van der Waals surface area contributed by atoms with E-state index in [9.17, 15) is 40.7 Å². The molecule has 2 atom stereocenters. The van der Waals surface area contributed by atoms with Crippen molar-refractivity contribution in [3.05, 3.63) is 50.0 Å². The van der Waals surface area contributed by atoms with Gasteiger partial charge in [-0.15, -0.1) is 11.3 Å². The molecule has 1 N–H and O–H groups in total. The summed E-state index contributed by atoms with van der Waals surface area (Å²) in [4.78, 5) is 39.1. The van der Waals surface area contributed by atoms with Gasteiger partial charge in [0.05, 0.1) is 0 Å². The smallest absolute Gasteiger partial charge is 0.351 e. The first-order valence-electron chi connectivity index (χ1n) is 10.2. The second kappa shape index (κ2) is 9.12. The Bertz CT molecular complexity index is 1130. The number of halogens is 6. The van der Waals surface area contributed by atoms with E-state index in [0.717, 1.165) is 16.7 Å². The van der Waals surface area contributed by atoms with Crippen LogP contribution in [0.15, 0.2) is 12.1 Å². The van der Waals surface area contributed by atoms with Gasteiger partial charge in [0.15, 0.2) is 16.5 Å². The molecule has 0 aliphatic heterocycles. The van der Waals surface area contributed by atoms with E-state index in [2.05, 4.69) is 10.3 Å². The Kier molecular flexibility index (Phi) is 6.94. The van der Waals surface area contributed by atoms with Gasteiger partial charge in [0.25, 0.3) is 5.91 Å². The van der Waals surface area contributed by atoms with Crippen molar-refractivity contribution in [3.8, 4) is 0 Å². The monoisotopic (exact) mass is 506 g/mol. The zero-order chi connectivity index (χ0) is 25.6. The van der Waals surface area contributed by atoms with Crippen LogP contribution in [-0.2, 0) is 21.9 Å². The second-order valence-corrected chi connectivity index (χ2v) is 9.25. The van der Waals surface area contributed by atoms with Crippen molar-refractivity contribution < 1.29 is 40.7 Å². The number of carbonyl (C=O) groups is 3. The summed E-state index contributed by atoms with van der Waals surface area (Å²) in [5, 5.41) is 0.340. The number of hydrogen-bond donors (Lipinski definition) is 1. The van der Waals surface area contributed by atoms with E-state index in [-0.39, 0.29) is 31.0 Å². The lowest BCUT2D eigenvalue weighted by Gasteiger charge is -2.16. The van der Waals surface area contributed by atoms with E-state index >= 15 is 0 Å². The molecule has 5 nitrogen and oxygen atoms in total. The van der Waals surface area contributed by atoms with Crippen LogP contribution in [0.5, 0.6) is 0 Å². The quantitative estimate of drug-likeness (QED) is 0.449. The highest BCUT2D eigenvalue weighted by atomic mass is 32.1. The third-order valence-electron chi connectivity index (χ3n) is 5.61. The number of benzene rings is 1. The minimum absolute atomic E-state index is 0.0386. The van der Waals surface area contributed by atoms with Crippen LogP contribution in [0.3, 0.4) is 0 Å². The number of thiazole rings is 1. The third-order valence-corrected chi connectivity index (χ3v) is 6.70. The maximum Gasteiger partial charge on any atom is 0.443 e. The predicted molar refractivity (Wildman–Crippen MR) is 111 cm³/mol. The third kappa shape index (κ3) is 5.16. The average Bonchev–Trinajstić information content (AvgIpc) is 3.25. The lowest BCUT2D eigenvalue weighted by atomic mass is 9.86. The molecule has 1 aromatic carbocycles. The molecule has 0 saturated heterocycles. The van der Waals surface area contributed by atoms with Crippen molar-refractivity contribution in [3.63, 3.8) is 0 Å². The van der Waals surface area contributed by atoms with Crippen molar-refractivity contribution >= 4 is 28.8 Å². The molecule has 0 radical (unpaired) electrons. The number of alkyl halides is 6. The zero-order valence-electron chi connectivity index (χ0n) is 18.3. The summed E-state index contributed by atoms with van der Waals surface area (Å²) in [7, 11) is 0. The first-order chi connectivity index (χ1) is 15.6. The molecular weight excluding hydrogens is 486 g/mol. The number of ketones is 2. The first-order valence-corrected chi connectivity index (χ1v) is 11.0. The van der Waals surface area contributed by atoms with Gasteiger partial charge >= 0.3 is 12.4 Å². The Morgan fingerprint density at radius 3 is 2.18 bits per heavy atom. The summed E-state index contributed by atoms with van der Waals surface area (Å²) in [6.07, 6.45) is -10.5. The Morgan fingerprint density at radius 2 is 1.65 bits per heavy atom. The molecule has 0 spiro atoms. The summed E-state index contributed by atoms with van der Waals surface area (Å²) in [6.45, 7) is 5.19. The largest absolute Gasteiger partial charge is 0.443 e. The van der Waals surface area contributed by atoms with Crippen molar-refractivity contribution in [1.82, 2.24) is 10.3 Å². The molecule has 1 amide bonds. The Hall–Kier alpha value is -2.76. The number of nitrogens with zero attached hydrogens (tertiary/aromatic N) is 1. The molecule has 1 saturated carbocycles. The molecule has 1 aliphatic carbocycles. The number of Topliss-reactive ketones (excluding diaryl/α,β-unsaturated/α-hetero) is 2. The lowest BCUT2D eigenvalue weighted by Crippen LogP contribution is -2.28. The number of rotatable bonds is 5. The van der Waals surface area contributed by atoms with Gasteiger partial charge in [0, 0.05) is 18.9 Å². The van der Waals surface area contributed by atoms with Crippen molar-refractivity contribution in [2.75, 3.05) is 6.54 Å². The fourth-order valence-corrected chi connectivity index (χ4v) is 5.15. The molecule has 1 fully saturated rings. The van der Waals surface area contributed by atoms with Crippen LogP contribution < -0.4 is 5.32 Å². The summed E-state index contributed by atoms with van der Waals surface area (Å²) in [6, 6.07) is 3.72. The summed E-state index contributed by atoms with van der Waals surface area (Å²) < 4.78 is 77.7. The van der Waals surface area contributed by atoms with Crippen LogP contribution in [-0.4, -0.2) is 29.0 Å². The number of nitrogens with one attached hydrogen (secondary N) is 1. The fraction of sp³-hybridized carbons (Fsp3) is 0.455. The number of aromatic nitrogens is 1. The van der Waals surface area contributed by atoms with E-state index in [1.807, 2.05) is 19.1 Å². The summed E-state index contributed by atoms with van der Waals surface area (Å²) in [5.41, 5.74) is 1.28. The molecule has 2 unspecified atom stereocenters. The molecule has 34 heavy (non-hydrogen) atoms. The van der Waals surface area contributed by atoms with Gasteiger partial charge in [0.1, 0.15) is 16.6 Å². The summed E-state index contributed by atoms with van der Waals surface area (Å²) >= 11 is -0.402. The van der Waals surface area contributed by atoms with E-state index in [4.69, 9.17) is 0 Å². The van der Waals surface area contributed by atoms with Gasteiger partial charge in [-0.3, -0.25) is 14.4 Å². The van der Waals surface area contributed by atoms with Gasteiger partial charge in [0.2, 0.25) is 0 Å². The highest BCUT2D eigenvalue weighted by molar-refractivity contribution is 7.14. The molecule has 12 heteroatoms. The Balaban J connectivity index is 1.71. The molecule has 2 aromatic rings. The van der Waals surface area contributed by atoms with Crippen LogP contribution in [0.1, 0.15) is 61.4 Å². The SMILES string of the molecule is Cc1cc(C)c(C2C(=O)CC(CCNC(=O)c3sc(C(F)(F)F)nc3C(F)(F)F)C2=O)c(C)c1. The standard InChI is InChI=1S/C22H20F6N2O3S/c1-9-6-10(2)14(11(3)7-9)15-13(31)8-12(16(15)32)4-5-29-19(33)17-18(21(23,24)25)30-20(34-17)22(26,27)28/h6-7,12,15H,4-5,8H2,1-3H3,(H,29,33). The van der Waals surface area contributed by atoms with Crippen LogP contribution in [0.2, 0.25) is 0 Å². The highest BCUT2D eigenvalue weighted by Gasteiger charge is 2.45. The van der Waals surface area contributed by atoms with Gasteiger partial charge < -0.3 is 5.32 Å².